The number of hydrogen-bond acceptors (Lipinski definition) is 1. The Morgan fingerprint density at radius 2 is 2.04 bits per heavy atom. The van der Waals surface area contributed by atoms with Crippen LogP contribution in [0.25, 0.3) is 0 Å². The van der Waals surface area contributed by atoms with Crippen molar-refractivity contribution in [2.24, 2.45) is 0 Å². The minimum Gasteiger partial charge on any atom is -0.348 e. The van der Waals surface area contributed by atoms with Gasteiger partial charge in [0.1, 0.15) is 0 Å². The van der Waals surface area contributed by atoms with E-state index in [0.717, 1.165) is 31.5 Å². The molecule has 1 atom stereocenters. The molecule has 2 heterocycles. The summed E-state index contributed by atoms with van der Waals surface area (Å²) in [5, 5.41) is 1.14. The third-order valence-electron chi connectivity index (χ3n) is 4.50. The predicted molar refractivity (Wildman–Crippen MR) is 94.0 cm³/mol. The van der Waals surface area contributed by atoms with Gasteiger partial charge in [-0.25, -0.2) is 0 Å². The highest BCUT2D eigenvalue weighted by atomic mass is 35.5. The number of nitrogens with zero attached hydrogens (tertiary/aromatic N) is 2. The molecule has 1 aromatic heterocycles. The zero-order chi connectivity index (χ0) is 16.4. The van der Waals surface area contributed by atoms with E-state index in [1.54, 1.807) is 0 Å². The van der Waals surface area contributed by atoms with E-state index in [9.17, 15) is 4.79 Å². The summed E-state index contributed by atoms with van der Waals surface area (Å²) in [6, 6.07) is 9.95. The standard InChI is InChI=1S/C18H20Cl2N2O/c1-13-17-5-3-9-21(17)10-11-22(13)18(23)6-2-4-14-7-8-15(19)16(20)12-14/h3,5,7-9,12-13H,2,4,6,10-11H2,1H3. The maximum atomic E-state index is 12.5. The molecule has 0 saturated heterocycles. The molecule has 5 heteroatoms. The van der Waals surface area contributed by atoms with Crippen molar-refractivity contribution in [3.05, 3.63) is 57.8 Å². The molecule has 3 rings (SSSR count). The number of halogens is 2. The van der Waals surface area contributed by atoms with Crippen LogP contribution in [-0.2, 0) is 17.8 Å². The molecule has 1 aliphatic heterocycles. The molecule has 0 aliphatic carbocycles. The summed E-state index contributed by atoms with van der Waals surface area (Å²) in [5.74, 6) is 0.227. The minimum atomic E-state index is 0.149. The van der Waals surface area contributed by atoms with Gasteiger partial charge in [0.05, 0.1) is 16.1 Å². The van der Waals surface area contributed by atoms with Gasteiger partial charge in [0, 0.05) is 31.4 Å². The molecule has 0 fully saturated rings. The highest BCUT2D eigenvalue weighted by Gasteiger charge is 2.26. The summed E-state index contributed by atoms with van der Waals surface area (Å²) in [7, 11) is 0. The Labute approximate surface area is 146 Å². The van der Waals surface area contributed by atoms with E-state index < -0.39 is 0 Å². The quantitative estimate of drug-likeness (QED) is 0.782. The van der Waals surface area contributed by atoms with E-state index in [1.165, 1.54) is 5.69 Å². The lowest BCUT2D eigenvalue weighted by atomic mass is 10.1. The maximum absolute atomic E-state index is 12.5. The van der Waals surface area contributed by atoms with Gasteiger partial charge in [-0.05, 0) is 49.6 Å². The van der Waals surface area contributed by atoms with Crippen LogP contribution in [0.5, 0.6) is 0 Å². The largest absolute Gasteiger partial charge is 0.348 e. The van der Waals surface area contributed by atoms with Gasteiger partial charge in [0.2, 0.25) is 5.91 Å². The minimum absolute atomic E-state index is 0.149. The maximum Gasteiger partial charge on any atom is 0.223 e. The molecule has 1 aliphatic rings. The van der Waals surface area contributed by atoms with Gasteiger partial charge in [0.25, 0.3) is 0 Å². The van der Waals surface area contributed by atoms with E-state index in [4.69, 9.17) is 23.2 Å². The topological polar surface area (TPSA) is 25.2 Å². The number of carbonyl (C=O) groups is 1. The SMILES string of the molecule is CC1c2cccn2CCN1C(=O)CCCc1ccc(Cl)c(Cl)c1. The molecule has 0 N–H and O–H groups in total. The average molecular weight is 351 g/mol. The molecule has 1 aromatic carbocycles. The van der Waals surface area contributed by atoms with Crippen molar-refractivity contribution in [1.82, 2.24) is 9.47 Å². The van der Waals surface area contributed by atoms with Gasteiger partial charge in [-0.15, -0.1) is 0 Å². The molecule has 2 aromatic rings. The van der Waals surface area contributed by atoms with Crippen LogP contribution in [0.1, 0.15) is 37.1 Å². The fourth-order valence-electron chi connectivity index (χ4n) is 3.20. The van der Waals surface area contributed by atoms with Gasteiger partial charge >= 0.3 is 0 Å². The highest BCUT2D eigenvalue weighted by Crippen LogP contribution is 2.27. The summed E-state index contributed by atoms with van der Waals surface area (Å²) in [6.07, 6.45) is 4.30. The number of rotatable bonds is 4. The van der Waals surface area contributed by atoms with Crippen LogP contribution >= 0.6 is 23.2 Å². The molecule has 3 nitrogen and oxygen atoms in total. The Bertz CT molecular complexity index is 711. The summed E-state index contributed by atoms with van der Waals surface area (Å²) >= 11 is 11.9. The molecule has 122 valence electrons. The first-order valence-electron chi connectivity index (χ1n) is 7.94. The summed E-state index contributed by atoms with van der Waals surface area (Å²) < 4.78 is 2.23. The van der Waals surface area contributed by atoms with Crippen molar-refractivity contribution in [2.45, 2.75) is 38.8 Å². The summed E-state index contributed by atoms with van der Waals surface area (Å²) in [6.45, 7) is 3.77. The second-order valence-corrected chi connectivity index (χ2v) is 6.81. The van der Waals surface area contributed by atoms with Crippen LogP contribution in [0.3, 0.4) is 0 Å². The lowest BCUT2D eigenvalue weighted by Crippen LogP contribution is -2.40. The monoisotopic (exact) mass is 350 g/mol. The van der Waals surface area contributed by atoms with E-state index in [2.05, 4.69) is 23.8 Å². The fraction of sp³-hybridized carbons (Fsp3) is 0.389. The Morgan fingerprint density at radius 1 is 1.22 bits per heavy atom. The first-order chi connectivity index (χ1) is 11.1. The average Bonchev–Trinajstić information content (AvgIpc) is 3.00. The molecular formula is C18H20Cl2N2O. The van der Waals surface area contributed by atoms with Crippen molar-refractivity contribution >= 4 is 29.1 Å². The van der Waals surface area contributed by atoms with Crippen LogP contribution in [0.4, 0.5) is 0 Å². The first kappa shape index (κ1) is 16.4. The Hall–Kier alpha value is -1.45. The van der Waals surface area contributed by atoms with Gasteiger partial charge in [-0.1, -0.05) is 29.3 Å². The summed E-state index contributed by atoms with van der Waals surface area (Å²) in [4.78, 5) is 14.5. The van der Waals surface area contributed by atoms with Crippen LogP contribution in [0.2, 0.25) is 10.0 Å². The lowest BCUT2D eigenvalue weighted by molar-refractivity contribution is -0.134. The van der Waals surface area contributed by atoms with Crippen molar-refractivity contribution in [3.63, 3.8) is 0 Å². The van der Waals surface area contributed by atoms with Gasteiger partial charge in [-0.2, -0.15) is 0 Å². The number of carbonyl (C=O) groups excluding carboxylic acids is 1. The molecule has 0 bridgehead atoms. The molecular weight excluding hydrogens is 331 g/mol. The molecule has 1 amide bonds. The first-order valence-corrected chi connectivity index (χ1v) is 8.70. The predicted octanol–water partition coefficient (Wildman–Crippen LogP) is 4.72. The zero-order valence-corrected chi connectivity index (χ0v) is 14.6. The lowest BCUT2D eigenvalue weighted by Gasteiger charge is -2.35. The van der Waals surface area contributed by atoms with Gasteiger partial charge in [-0.3, -0.25) is 4.79 Å². The highest BCUT2D eigenvalue weighted by molar-refractivity contribution is 6.42. The second-order valence-electron chi connectivity index (χ2n) is 5.99. The van der Waals surface area contributed by atoms with Crippen LogP contribution in [0, 0.1) is 0 Å². The molecule has 1 unspecified atom stereocenters. The number of aryl methyl sites for hydroxylation is 1. The van der Waals surface area contributed by atoms with Crippen molar-refractivity contribution < 1.29 is 4.79 Å². The Balaban J connectivity index is 1.55. The van der Waals surface area contributed by atoms with Gasteiger partial charge < -0.3 is 9.47 Å². The molecule has 0 spiro atoms. The van der Waals surface area contributed by atoms with Crippen molar-refractivity contribution in [3.8, 4) is 0 Å². The number of hydrogen-bond donors (Lipinski definition) is 0. The van der Waals surface area contributed by atoms with Crippen molar-refractivity contribution in [1.29, 1.82) is 0 Å². The Kier molecular flexibility index (Phi) is 4.98. The Morgan fingerprint density at radius 3 is 2.83 bits per heavy atom. The third-order valence-corrected chi connectivity index (χ3v) is 5.24. The normalized spacial score (nSPS) is 17.2. The number of fused-ring (bicyclic) bond motifs is 1. The van der Waals surface area contributed by atoms with E-state index in [-0.39, 0.29) is 11.9 Å². The van der Waals surface area contributed by atoms with Crippen LogP contribution in [0.15, 0.2) is 36.5 Å². The van der Waals surface area contributed by atoms with E-state index in [1.807, 2.05) is 29.2 Å². The zero-order valence-electron chi connectivity index (χ0n) is 13.1. The van der Waals surface area contributed by atoms with Gasteiger partial charge in [0.15, 0.2) is 0 Å². The van der Waals surface area contributed by atoms with E-state index in [0.29, 0.717) is 16.5 Å². The summed E-state index contributed by atoms with van der Waals surface area (Å²) in [5.41, 5.74) is 2.34. The third kappa shape index (κ3) is 3.56. The second kappa shape index (κ2) is 6.98. The number of aromatic nitrogens is 1. The number of amides is 1. The van der Waals surface area contributed by atoms with E-state index >= 15 is 0 Å². The van der Waals surface area contributed by atoms with Crippen molar-refractivity contribution in [2.75, 3.05) is 6.54 Å². The molecule has 0 radical (unpaired) electrons. The smallest absolute Gasteiger partial charge is 0.223 e. The molecule has 23 heavy (non-hydrogen) atoms. The fourth-order valence-corrected chi connectivity index (χ4v) is 3.52. The van der Waals surface area contributed by atoms with Crippen LogP contribution in [-0.4, -0.2) is 21.9 Å². The molecule has 0 saturated carbocycles. The number of benzene rings is 1. The van der Waals surface area contributed by atoms with Crippen LogP contribution < -0.4 is 0 Å².